The summed E-state index contributed by atoms with van der Waals surface area (Å²) in [6.45, 7) is -0.0635. The molecule has 1 atom stereocenters. The highest BCUT2D eigenvalue weighted by Crippen LogP contribution is 2.23. The van der Waals surface area contributed by atoms with Crippen molar-refractivity contribution in [2.45, 2.75) is 23.0 Å². The number of hydrogen-bond donors (Lipinski definition) is 1. The van der Waals surface area contributed by atoms with Gasteiger partial charge >= 0.3 is 0 Å². The Morgan fingerprint density at radius 2 is 2.00 bits per heavy atom. The van der Waals surface area contributed by atoms with Crippen molar-refractivity contribution in [3.05, 3.63) is 28.7 Å². The number of hydrogen-bond acceptors (Lipinski definition) is 4. The first-order valence-electron chi connectivity index (χ1n) is 5.79. The third-order valence-electron chi connectivity index (χ3n) is 3.09. The third-order valence-corrected chi connectivity index (χ3v) is 7.80. The molecule has 1 aliphatic rings. The predicted molar refractivity (Wildman–Crippen MR) is 76.1 cm³/mol. The maximum atomic E-state index is 12.1. The van der Waals surface area contributed by atoms with E-state index < -0.39 is 25.1 Å². The summed E-state index contributed by atoms with van der Waals surface area (Å²) in [5.41, 5.74) is 0. The lowest BCUT2D eigenvalue weighted by Crippen LogP contribution is -2.34. The molecule has 0 amide bonds. The van der Waals surface area contributed by atoms with Gasteiger partial charge in [-0.3, -0.25) is 0 Å². The van der Waals surface area contributed by atoms with Gasteiger partial charge in [-0.05, 0) is 40.9 Å². The maximum absolute atomic E-state index is 12.1. The van der Waals surface area contributed by atoms with Gasteiger partial charge < -0.3 is 0 Å². The predicted octanol–water partition coefficient (Wildman–Crippen LogP) is 1.30. The van der Waals surface area contributed by atoms with E-state index in [2.05, 4.69) is 20.7 Å². The first kappa shape index (κ1) is 15.0. The van der Waals surface area contributed by atoms with E-state index in [4.69, 9.17) is 0 Å². The maximum Gasteiger partial charge on any atom is 0.241 e. The van der Waals surface area contributed by atoms with Crippen LogP contribution >= 0.6 is 15.9 Å². The molecule has 0 aromatic heterocycles. The minimum absolute atomic E-state index is 0.0635. The number of nitrogens with one attached hydrogen (secondary N) is 1. The van der Waals surface area contributed by atoms with Crippen LogP contribution in [0.1, 0.15) is 12.8 Å². The summed E-state index contributed by atoms with van der Waals surface area (Å²) >= 11 is 3.17. The smallest absolute Gasteiger partial charge is 0.229 e. The van der Waals surface area contributed by atoms with E-state index in [9.17, 15) is 16.8 Å². The highest BCUT2D eigenvalue weighted by atomic mass is 79.9. The van der Waals surface area contributed by atoms with Crippen molar-refractivity contribution in [1.82, 2.24) is 4.72 Å². The number of sulfonamides is 1. The van der Waals surface area contributed by atoms with Crippen LogP contribution in [0, 0.1) is 0 Å². The van der Waals surface area contributed by atoms with Gasteiger partial charge in [0.05, 0.1) is 15.9 Å². The van der Waals surface area contributed by atoms with Gasteiger partial charge in [0.25, 0.3) is 0 Å². The second kappa shape index (κ2) is 5.51. The fourth-order valence-corrected chi connectivity index (χ4v) is 5.98. The van der Waals surface area contributed by atoms with Crippen molar-refractivity contribution in [3.8, 4) is 0 Å². The van der Waals surface area contributed by atoms with E-state index in [1.807, 2.05) is 0 Å². The van der Waals surface area contributed by atoms with Crippen LogP contribution in [-0.4, -0.2) is 34.4 Å². The Kier molecular flexibility index (Phi) is 4.34. The van der Waals surface area contributed by atoms with Gasteiger partial charge in [0, 0.05) is 11.0 Å². The second-order valence-corrected chi connectivity index (χ2v) is 9.40. The van der Waals surface area contributed by atoms with Gasteiger partial charge in [-0.15, -0.1) is 0 Å². The largest absolute Gasteiger partial charge is 0.241 e. The van der Waals surface area contributed by atoms with Crippen LogP contribution in [0.15, 0.2) is 33.6 Å². The van der Waals surface area contributed by atoms with E-state index in [0.29, 0.717) is 17.3 Å². The third kappa shape index (κ3) is 3.36. The van der Waals surface area contributed by atoms with Crippen molar-refractivity contribution in [2.75, 3.05) is 12.3 Å². The zero-order valence-electron chi connectivity index (χ0n) is 10.0. The Hall–Kier alpha value is -0.440. The zero-order valence-corrected chi connectivity index (χ0v) is 13.3. The first-order chi connectivity index (χ1) is 8.83. The quantitative estimate of drug-likeness (QED) is 0.869. The molecule has 0 unspecified atom stereocenters. The minimum Gasteiger partial charge on any atom is -0.229 e. The van der Waals surface area contributed by atoms with E-state index in [-0.39, 0.29) is 17.2 Å². The molecule has 1 N–H and O–H groups in total. The normalized spacial score (nSPS) is 22.5. The van der Waals surface area contributed by atoms with Gasteiger partial charge in [0.2, 0.25) is 10.0 Å². The number of benzene rings is 1. The fourth-order valence-electron chi connectivity index (χ4n) is 2.03. The molecule has 0 spiro atoms. The molecular weight excluding hydrogens is 354 g/mol. The van der Waals surface area contributed by atoms with Gasteiger partial charge in [0.15, 0.2) is 9.84 Å². The molecule has 1 fully saturated rings. The summed E-state index contributed by atoms with van der Waals surface area (Å²) in [6.07, 6.45) is 1.12. The van der Waals surface area contributed by atoms with Crippen LogP contribution in [0.5, 0.6) is 0 Å². The molecule has 1 aromatic carbocycles. The SMILES string of the molecule is O=S(=O)(NC[C@@H]1CCCS1(=O)=O)c1ccccc1Br. The molecule has 1 aliphatic heterocycles. The molecular formula is C11H14BrNO4S2. The van der Waals surface area contributed by atoms with E-state index in [1.165, 1.54) is 6.07 Å². The lowest BCUT2D eigenvalue weighted by molar-refractivity contribution is 0.570. The van der Waals surface area contributed by atoms with Gasteiger partial charge in [0.1, 0.15) is 0 Å². The molecule has 0 radical (unpaired) electrons. The lowest BCUT2D eigenvalue weighted by atomic mass is 10.2. The Morgan fingerprint density at radius 3 is 2.58 bits per heavy atom. The number of halogens is 1. The average molecular weight is 368 g/mol. The van der Waals surface area contributed by atoms with Crippen molar-refractivity contribution in [3.63, 3.8) is 0 Å². The molecule has 1 saturated heterocycles. The second-order valence-electron chi connectivity index (χ2n) is 4.41. The van der Waals surface area contributed by atoms with Crippen LogP contribution in [0.2, 0.25) is 0 Å². The lowest BCUT2D eigenvalue weighted by Gasteiger charge is -2.12. The van der Waals surface area contributed by atoms with Crippen LogP contribution in [0.4, 0.5) is 0 Å². The van der Waals surface area contributed by atoms with Crippen LogP contribution in [-0.2, 0) is 19.9 Å². The summed E-state index contributed by atoms with van der Waals surface area (Å²) in [5.74, 6) is 0.147. The Balaban J connectivity index is 2.13. The highest BCUT2D eigenvalue weighted by molar-refractivity contribution is 9.10. The molecule has 0 aliphatic carbocycles. The van der Waals surface area contributed by atoms with E-state index in [0.717, 1.165) is 0 Å². The summed E-state index contributed by atoms with van der Waals surface area (Å²) in [6, 6.07) is 6.42. The molecule has 0 saturated carbocycles. The summed E-state index contributed by atoms with van der Waals surface area (Å²) in [7, 11) is -6.83. The Morgan fingerprint density at radius 1 is 1.32 bits per heavy atom. The fraction of sp³-hybridized carbons (Fsp3) is 0.455. The minimum atomic E-state index is -3.69. The van der Waals surface area contributed by atoms with Crippen molar-refractivity contribution >= 4 is 35.8 Å². The van der Waals surface area contributed by atoms with Crippen LogP contribution in [0.25, 0.3) is 0 Å². The Labute approximate surface area is 121 Å². The molecule has 2 rings (SSSR count). The highest BCUT2D eigenvalue weighted by Gasteiger charge is 2.32. The van der Waals surface area contributed by atoms with E-state index in [1.54, 1.807) is 18.2 Å². The van der Waals surface area contributed by atoms with Gasteiger partial charge in [-0.2, -0.15) is 0 Å². The van der Waals surface area contributed by atoms with Gasteiger partial charge in [-0.25, -0.2) is 21.6 Å². The summed E-state index contributed by atoms with van der Waals surface area (Å²) in [4.78, 5) is 0.116. The first-order valence-corrected chi connectivity index (χ1v) is 9.78. The molecule has 1 aromatic rings. The molecule has 19 heavy (non-hydrogen) atoms. The molecule has 1 heterocycles. The van der Waals surface area contributed by atoms with Crippen molar-refractivity contribution in [1.29, 1.82) is 0 Å². The standard InChI is InChI=1S/C11H14BrNO4S2/c12-10-5-1-2-6-11(10)19(16,17)13-8-9-4-3-7-18(9,14)15/h1-2,5-6,9,13H,3-4,7-8H2/t9-/m0/s1. The van der Waals surface area contributed by atoms with Crippen LogP contribution in [0.3, 0.4) is 0 Å². The van der Waals surface area contributed by atoms with Crippen molar-refractivity contribution in [2.24, 2.45) is 0 Å². The molecule has 106 valence electrons. The molecule has 5 nitrogen and oxygen atoms in total. The van der Waals surface area contributed by atoms with Gasteiger partial charge in [-0.1, -0.05) is 12.1 Å². The summed E-state index contributed by atoms with van der Waals surface area (Å²) in [5, 5.41) is -0.607. The van der Waals surface area contributed by atoms with E-state index >= 15 is 0 Å². The molecule has 8 heteroatoms. The number of rotatable bonds is 4. The average Bonchev–Trinajstić information content (AvgIpc) is 2.66. The Bertz CT molecular complexity index is 670. The molecule has 0 bridgehead atoms. The topological polar surface area (TPSA) is 80.3 Å². The zero-order chi connectivity index (χ0) is 14.1. The monoisotopic (exact) mass is 367 g/mol. The van der Waals surface area contributed by atoms with Crippen molar-refractivity contribution < 1.29 is 16.8 Å². The number of sulfone groups is 1. The van der Waals surface area contributed by atoms with Crippen LogP contribution < -0.4 is 4.72 Å². The summed E-state index contributed by atoms with van der Waals surface area (Å²) < 4.78 is 50.3.